The molecule has 0 saturated carbocycles. The van der Waals surface area contributed by atoms with Gasteiger partial charge in [0.2, 0.25) is 5.91 Å². The molecule has 1 fully saturated rings. The van der Waals surface area contributed by atoms with Crippen molar-refractivity contribution in [1.29, 1.82) is 0 Å². The zero-order valence-corrected chi connectivity index (χ0v) is 12.6. The lowest BCUT2D eigenvalue weighted by Crippen LogP contribution is -2.33. The van der Waals surface area contributed by atoms with Gasteiger partial charge in [0.1, 0.15) is 6.54 Å². The SMILES string of the molecule is O=C(CN1CCSC1=O)Nc1nc2ccc(Cl)cc2s1. The topological polar surface area (TPSA) is 62.3 Å². The minimum absolute atomic E-state index is 0.0452. The minimum atomic E-state index is -0.231. The Kier molecular flexibility index (Phi) is 3.82. The summed E-state index contributed by atoms with van der Waals surface area (Å²) >= 11 is 8.51. The lowest BCUT2D eigenvalue weighted by molar-refractivity contribution is -0.116. The number of carbonyl (C=O) groups is 2. The van der Waals surface area contributed by atoms with Gasteiger partial charge in [0.05, 0.1) is 10.2 Å². The number of nitrogens with zero attached hydrogens (tertiary/aromatic N) is 2. The summed E-state index contributed by atoms with van der Waals surface area (Å²) in [4.78, 5) is 29.1. The number of benzene rings is 1. The van der Waals surface area contributed by atoms with Gasteiger partial charge >= 0.3 is 0 Å². The molecule has 1 N–H and O–H groups in total. The third-order valence-corrected chi connectivity index (χ3v) is 4.84. The van der Waals surface area contributed by atoms with E-state index in [1.165, 1.54) is 28.0 Å². The van der Waals surface area contributed by atoms with Crippen LogP contribution >= 0.6 is 34.7 Å². The van der Waals surface area contributed by atoms with Crippen LogP contribution in [0.3, 0.4) is 0 Å². The molecule has 0 aliphatic carbocycles. The molecule has 0 atom stereocenters. The van der Waals surface area contributed by atoms with Crippen LogP contribution in [0.15, 0.2) is 18.2 Å². The van der Waals surface area contributed by atoms with Crippen molar-refractivity contribution in [2.24, 2.45) is 0 Å². The number of anilines is 1. The van der Waals surface area contributed by atoms with Gasteiger partial charge in [-0.25, -0.2) is 4.98 Å². The molecule has 20 heavy (non-hydrogen) atoms. The standard InChI is InChI=1S/C12H10ClN3O2S2/c13-7-1-2-8-9(5-7)20-11(14-8)15-10(17)6-16-3-4-19-12(16)18/h1-2,5H,3-4,6H2,(H,14,15,17). The number of amides is 2. The van der Waals surface area contributed by atoms with E-state index in [1.807, 2.05) is 12.1 Å². The highest BCUT2D eigenvalue weighted by Gasteiger charge is 2.23. The van der Waals surface area contributed by atoms with E-state index in [4.69, 9.17) is 11.6 Å². The van der Waals surface area contributed by atoms with Gasteiger partial charge in [0.15, 0.2) is 5.13 Å². The summed E-state index contributed by atoms with van der Waals surface area (Å²) in [6, 6.07) is 5.38. The summed E-state index contributed by atoms with van der Waals surface area (Å²) in [7, 11) is 0. The fourth-order valence-electron chi connectivity index (χ4n) is 1.85. The molecule has 2 aromatic rings. The summed E-state index contributed by atoms with van der Waals surface area (Å²) in [6.45, 7) is 0.689. The van der Waals surface area contributed by atoms with Crippen molar-refractivity contribution >= 4 is 61.2 Å². The highest BCUT2D eigenvalue weighted by Crippen LogP contribution is 2.28. The first kappa shape index (κ1) is 13.7. The van der Waals surface area contributed by atoms with Crippen LogP contribution in [-0.2, 0) is 4.79 Å². The van der Waals surface area contributed by atoms with Gasteiger partial charge in [-0.15, -0.1) is 0 Å². The van der Waals surface area contributed by atoms with Crippen molar-refractivity contribution in [2.75, 3.05) is 24.2 Å². The van der Waals surface area contributed by atoms with E-state index in [0.717, 1.165) is 16.0 Å². The normalized spacial score (nSPS) is 15.1. The second-order valence-electron chi connectivity index (χ2n) is 4.22. The van der Waals surface area contributed by atoms with Crippen LogP contribution in [0.5, 0.6) is 0 Å². The fraction of sp³-hybridized carbons (Fsp3) is 0.250. The monoisotopic (exact) mass is 327 g/mol. The van der Waals surface area contributed by atoms with Crippen LogP contribution in [0.25, 0.3) is 10.2 Å². The molecule has 2 amide bonds. The third kappa shape index (κ3) is 2.89. The number of hydrogen-bond acceptors (Lipinski definition) is 5. The van der Waals surface area contributed by atoms with Gasteiger partial charge < -0.3 is 10.2 Å². The second kappa shape index (κ2) is 5.59. The summed E-state index contributed by atoms with van der Waals surface area (Å²) in [5.74, 6) is 0.511. The van der Waals surface area contributed by atoms with Gasteiger partial charge in [0, 0.05) is 17.3 Å². The Balaban J connectivity index is 1.69. The van der Waals surface area contributed by atoms with E-state index < -0.39 is 0 Å². The maximum absolute atomic E-state index is 11.9. The number of carbonyl (C=O) groups excluding carboxylic acids is 2. The van der Waals surface area contributed by atoms with E-state index >= 15 is 0 Å². The molecule has 1 aliphatic rings. The van der Waals surface area contributed by atoms with Crippen molar-refractivity contribution in [1.82, 2.24) is 9.88 Å². The zero-order chi connectivity index (χ0) is 14.1. The Morgan fingerprint density at radius 3 is 3.10 bits per heavy atom. The molecule has 2 heterocycles. The highest BCUT2D eigenvalue weighted by atomic mass is 35.5. The van der Waals surface area contributed by atoms with Crippen molar-refractivity contribution in [2.45, 2.75) is 0 Å². The van der Waals surface area contributed by atoms with Gasteiger partial charge in [0.25, 0.3) is 5.24 Å². The predicted octanol–water partition coefficient (Wildman–Crippen LogP) is 3.06. The quantitative estimate of drug-likeness (QED) is 0.941. The first-order valence-corrected chi connectivity index (χ1v) is 8.07. The number of thiazole rings is 1. The lowest BCUT2D eigenvalue weighted by Gasteiger charge is -2.12. The van der Waals surface area contributed by atoms with E-state index in [9.17, 15) is 9.59 Å². The number of halogens is 1. The minimum Gasteiger partial charge on any atom is -0.323 e. The average molecular weight is 328 g/mol. The van der Waals surface area contributed by atoms with Crippen LogP contribution in [0.4, 0.5) is 9.93 Å². The van der Waals surface area contributed by atoms with E-state index in [1.54, 1.807) is 6.07 Å². The first-order chi connectivity index (χ1) is 9.61. The Morgan fingerprint density at radius 2 is 2.35 bits per heavy atom. The molecule has 1 aliphatic heterocycles. The van der Waals surface area contributed by atoms with Crippen LogP contribution in [0.1, 0.15) is 0 Å². The number of nitrogens with one attached hydrogen (secondary N) is 1. The molecule has 0 bridgehead atoms. The molecular weight excluding hydrogens is 318 g/mol. The number of fused-ring (bicyclic) bond motifs is 1. The highest BCUT2D eigenvalue weighted by molar-refractivity contribution is 8.13. The maximum Gasteiger partial charge on any atom is 0.282 e. The first-order valence-electron chi connectivity index (χ1n) is 5.89. The van der Waals surface area contributed by atoms with Crippen LogP contribution in [0.2, 0.25) is 5.02 Å². The van der Waals surface area contributed by atoms with Crippen molar-refractivity contribution in [3.05, 3.63) is 23.2 Å². The average Bonchev–Trinajstić information content (AvgIpc) is 2.95. The van der Waals surface area contributed by atoms with Crippen LogP contribution in [0, 0.1) is 0 Å². The van der Waals surface area contributed by atoms with Gasteiger partial charge in [-0.2, -0.15) is 0 Å². The fourth-order valence-corrected chi connectivity index (χ4v) is 3.84. The predicted molar refractivity (Wildman–Crippen MR) is 82.7 cm³/mol. The Bertz CT molecular complexity index is 688. The summed E-state index contributed by atoms with van der Waals surface area (Å²) in [5, 5.41) is 3.83. The summed E-state index contributed by atoms with van der Waals surface area (Å²) < 4.78 is 0.917. The summed E-state index contributed by atoms with van der Waals surface area (Å²) in [6.07, 6.45) is 0. The number of aromatic nitrogens is 1. The van der Waals surface area contributed by atoms with Crippen LogP contribution < -0.4 is 5.32 Å². The number of rotatable bonds is 3. The molecule has 1 aromatic carbocycles. The molecule has 0 unspecified atom stereocenters. The van der Waals surface area contributed by atoms with E-state index in [2.05, 4.69) is 10.3 Å². The molecule has 5 nitrogen and oxygen atoms in total. The van der Waals surface area contributed by atoms with Gasteiger partial charge in [-0.05, 0) is 18.2 Å². The van der Waals surface area contributed by atoms with Crippen molar-refractivity contribution < 1.29 is 9.59 Å². The van der Waals surface area contributed by atoms with E-state index in [-0.39, 0.29) is 17.7 Å². The van der Waals surface area contributed by atoms with E-state index in [0.29, 0.717) is 16.7 Å². The largest absolute Gasteiger partial charge is 0.323 e. The smallest absolute Gasteiger partial charge is 0.282 e. The third-order valence-electron chi connectivity index (χ3n) is 2.78. The maximum atomic E-state index is 11.9. The second-order valence-corrected chi connectivity index (χ2v) is 6.73. The lowest BCUT2D eigenvalue weighted by atomic mass is 10.3. The molecule has 104 valence electrons. The molecule has 8 heteroatoms. The van der Waals surface area contributed by atoms with Crippen molar-refractivity contribution in [3.8, 4) is 0 Å². The molecule has 0 spiro atoms. The Hall–Kier alpha value is -1.31. The molecule has 0 radical (unpaired) electrons. The van der Waals surface area contributed by atoms with Crippen molar-refractivity contribution in [3.63, 3.8) is 0 Å². The molecule has 3 rings (SSSR count). The molecule has 1 saturated heterocycles. The Morgan fingerprint density at radius 1 is 1.50 bits per heavy atom. The van der Waals surface area contributed by atoms with Crippen LogP contribution in [-0.4, -0.2) is 39.9 Å². The Labute approximate surface area is 128 Å². The number of thioether (sulfide) groups is 1. The zero-order valence-electron chi connectivity index (χ0n) is 10.3. The molecule has 1 aromatic heterocycles. The number of hydrogen-bond donors (Lipinski definition) is 1. The summed E-state index contributed by atoms with van der Waals surface area (Å²) in [5.41, 5.74) is 0.794. The van der Waals surface area contributed by atoms with Gasteiger partial charge in [-0.1, -0.05) is 34.7 Å². The van der Waals surface area contributed by atoms with Gasteiger partial charge in [-0.3, -0.25) is 9.59 Å². The molecular formula is C12H10ClN3O2S2.